The number of rotatable bonds is 3. The van der Waals surface area contributed by atoms with Crippen molar-refractivity contribution >= 4 is 37.3 Å². The molecule has 0 N–H and O–H groups in total. The Bertz CT molecular complexity index is 510. The van der Waals surface area contributed by atoms with E-state index in [0.717, 1.165) is 0 Å². The van der Waals surface area contributed by atoms with E-state index in [-0.39, 0.29) is 16.1 Å². The van der Waals surface area contributed by atoms with Crippen molar-refractivity contribution in [1.29, 1.82) is 0 Å². The molecule has 0 radical (unpaired) electrons. The van der Waals surface area contributed by atoms with Crippen molar-refractivity contribution in [2.45, 2.75) is 5.75 Å². The molecule has 0 fully saturated rings. The van der Waals surface area contributed by atoms with Crippen LogP contribution in [0.5, 0.6) is 0 Å². The van der Waals surface area contributed by atoms with Gasteiger partial charge in [0.2, 0.25) is 9.05 Å². The molecule has 0 heterocycles. The summed E-state index contributed by atoms with van der Waals surface area (Å²) in [5.74, 6) is -1.17. The minimum Gasteiger partial charge on any atom is -0.465 e. The lowest BCUT2D eigenvalue weighted by atomic mass is 10.1. The Hall–Kier alpha value is -0.780. The van der Waals surface area contributed by atoms with Crippen LogP contribution in [0.4, 0.5) is 0 Å². The number of esters is 1. The first-order valence-corrected chi connectivity index (χ1v) is 6.99. The molecule has 0 amide bonds. The third-order valence-corrected chi connectivity index (χ3v) is 3.16. The zero-order valence-corrected chi connectivity index (χ0v) is 10.6. The highest BCUT2D eigenvalue weighted by Gasteiger charge is 2.19. The van der Waals surface area contributed by atoms with Gasteiger partial charge in [-0.05, 0) is 12.1 Å². The second kappa shape index (κ2) is 5.03. The van der Waals surface area contributed by atoms with Gasteiger partial charge in [-0.3, -0.25) is 0 Å². The number of hydrogen-bond acceptors (Lipinski definition) is 4. The van der Waals surface area contributed by atoms with Crippen molar-refractivity contribution in [3.05, 3.63) is 34.3 Å². The lowest BCUT2D eigenvalue weighted by Gasteiger charge is -2.07. The monoisotopic (exact) mass is 282 g/mol. The van der Waals surface area contributed by atoms with Gasteiger partial charge >= 0.3 is 5.97 Å². The Labute approximate surface area is 103 Å². The molecule has 1 aromatic carbocycles. The van der Waals surface area contributed by atoms with Crippen LogP contribution in [0.3, 0.4) is 0 Å². The second-order valence-electron chi connectivity index (χ2n) is 2.94. The van der Waals surface area contributed by atoms with Gasteiger partial charge in [0, 0.05) is 21.3 Å². The maximum Gasteiger partial charge on any atom is 0.338 e. The molecule has 0 aliphatic heterocycles. The van der Waals surface area contributed by atoms with E-state index in [2.05, 4.69) is 4.74 Å². The number of hydrogen-bond donors (Lipinski definition) is 0. The summed E-state index contributed by atoms with van der Waals surface area (Å²) in [5, 5.41) is 0.159. The molecule has 1 rings (SSSR count). The van der Waals surface area contributed by atoms with E-state index in [0.29, 0.717) is 0 Å². The summed E-state index contributed by atoms with van der Waals surface area (Å²) in [6, 6.07) is 4.43. The van der Waals surface area contributed by atoms with Crippen molar-refractivity contribution in [3.63, 3.8) is 0 Å². The minimum absolute atomic E-state index is 0.0965. The van der Waals surface area contributed by atoms with Crippen molar-refractivity contribution in [2.24, 2.45) is 0 Å². The summed E-state index contributed by atoms with van der Waals surface area (Å²) < 4.78 is 26.5. The van der Waals surface area contributed by atoms with Crippen LogP contribution in [-0.4, -0.2) is 21.5 Å². The van der Waals surface area contributed by atoms with Crippen molar-refractivity contribution < 1.29 is 17.9 Å². The maximum atomic E-state index is 11.4. The largest absolute Gasteiger partial charge is 0.465 e. The zero-order chi connectivity index (χ0) is 12.3. The Morgan fingerprint density at radius 3 is 2.56 bits per heavy atom. The first kappa shape index (κ1) is 13.3. The van der Waals surface area contributed by atoms with Crippen LogP contribution in [0.1, 0.15) is 15.9 Å². The Morgan fingerprint density at radius 1 is 1.44 bits per heavy atom. The van der Waals surface area contributed by atoms with E-state index in [9.17, 15) is 13.2 Å². The molecule has 4 nitrogen and oxygen atoms in total. The van der Waals surface area contributed by atoms with E-state index in [1.807, 2.05) is 0 Å². The predicted octanol–water partition coefficient (Wildman–Crippen LogP) is 2.20. The van der Waals surface area contributed by atoms with Gasteiger partial charge in [-0.1, -0.05) is 17.7 Å². The Balaban J connectivity index is 3.29. The standard InChI is InChI=1S/C9H8Cl2O4S/c1-15-9(12)6-3-2-4-8(10)7(6)5-16(11,13)14/h2-4H,5H2,1H3. The topological polar surface area (TPSA) is 60.4 Å². The van der Waals surface area contributed by atoms with E-state index in [1.54, 1.807) is 0 Å². The van der Waals surface area contributed by atoms with Gasteiger partial charge in [0.15, 0.2) is 0 Å². The second-order valence-corrected chi connectivity index (χ2v) is 6.12. The maximum absolute atomic E-state index is 11.4. The van der Waals surface area contributed by atoms with Gasteiger partial charge in [0.25, 0.3) is 0 Å². The summed E-state index contributed by atoms with van der Waals surface area (Å²) >= 11 is 5.81. The van der Waals surface area contributed by atoms with E-state index < -0.39 is 20.8 Å². The van der Waals surface area contributed by atoms with Gasteiger partial charge in [0.05, 0.1) is 18.4 Å². The molecule has 0 spiro atoms. The normalized spacial score (nSPS) is 11.2. The average Bonchev–Trinajstić information content (AvgIpc) is 2.18. The average molecular weight is 283 g/mol. The van der Waals surface area contributed by atoms with Crippen LogP contribution in [0.15, 0.2) is 18.2 Å². The van der Waals surface area contributed by atoms with Crippen LogP contribution in [0, 0.1) is 0 Å². The highest BCUT2D eigenvalue weighted by Crippen LogP contribution is 2.24. The zero-order valence-electron chi connectivity index (χ0n) is 8.24. The molecule has 16 heavy (non-hydrogen) atoms. The van der Waals surface area contributed by atoms with Crippen LogP contribution in [-0.2, 0) is 19.5 Å². The van der Waals surface area contributed by atoms with Crippen molar-refractivity contribution in [2.75, 3.05) is 7.11 Å². The molecule has 0 aliphatic rings. The fourth-order valence-corrected chi connectivity index (χ4v) is 2.48. The summed E-state index contributed by atoms with van der Waals surface area (Å²) in [7, 11) is 2.53. The lowest BCUT2D eigenvalue weighted by molar-refractivity contribution is 0.0600. The van der Waals surface area contributed by atoms with Crippen LogP contribution < -0.4 is 0 Å². The first-order chi connectivity index (χ1) is 7.35. The van der Waals surface area contributed by atoms with Crippen molar-refractivity contribution in [1.82, 2.24) is 0 Å². The van der Waals surface area contributed by atoms with E-state index in [1.165, 1.54) is 25.3 Å². The number of carbonyl (C=O) groups excluding carboxylic acids is 1. The van der Waals surface area contributed by atoms with Gasteiger partial charge in [0.1, 0.15) is 0 Å². The molecule has 0 atom stereocenters. The molecule has 0 aromatic heterocycles. The van der Waals surface area contributed by atoms with Gasteiger partial charge in [-0.15, -0.1) is 0 Å². The minimum atomic E-state index is -3.78. The SMILES string of the molecule is COC(=O)c1cccc(Cl)c1CS(=O)(=O)Cl. The number of halogens is 2. The first-order valence-electron chi connectivity index (χ1n) is 4.13. The third-order valence-electron chi connectivity index (χ3n) is 1.84. The summed E-state index contributed by atoms with van der Waals surface area (Å²) in [4.78, 5) is 11.4. The van der Waals surface area contributed by atoms with Crippen LogP contribution in [0.25, 0.3) is 0 Å². The molecule has 0 aliphatic carbocycles. The van der Waals surface area contributed by atoms with E-state index in [4.69, 9.17) is 22.3 Å². The smallest absolute Gasteiger partial charge is 0.338 e. The van der Waals surface area contributed by atoms with Gasteiger partial charge < -0.3 is 4.74 Å². The quantitative estimate of drug-likeness (QED) is 0.630. The van der Waals surface area contributed by atoms with Crippen LogP contribution in [0.2, 0.25) is 5.02 Å². The van der Waals surface area contributed by atoms with Gasteiger partial charge in [-0.25, -0.2) is 13.2 Å². The van der Waals surface area contributed by atoms with Crippen molar-refractivity contribution in [3.8, 4) is 0 Å². The fraction of sp³-hybridized carbons (Fsp3) is 0.222. The molecule has 0 saturated carbocycles. The summed E-state index contributed by atoms with van der Waals surface area (Å²) in [6.07, 6.45) is 0. The molecular weight excluding hydrogens is 275 g/mol. The van der Waals surface area contributed by atoms with Crippen LogP contribution >= 0.6 is 22.3 Å². The Kier molecular flexibility index (Phi) is 4.18. The number of ether oxygens (including phenoxy) is 1. The number of benzene rings is 1. The predicted molar refractivity (Wildman–Crippen MR) is 61.3 cm³/mol. The molecule has 0 unspecified atom stereocenters. The van der Waals surface area contributed by atoms with Gasteiger partial charge in [-0.2, -0.15) is 0 Å². The molecular formula is C9H8Cl2O4S. The molecule has 1 aromatic rings. The highest BCUT2D eigenvalue weighted by molar-refractivity contribution is 8.13. The molecule has 7 heteroatoms. The van der Waals surface area contributed by atoms with E-state index >= 15 is 0 Å². The summed E-state index contributed by atoms with van der Waals surface area (Å²) in [6.45, 7) is 0. The molecule has 0 saturated heterocycles. The highest BCUT2D eigenvalue weighted by atomic mass is 35.7. The summed E-state index contributed by atoms with van der Waals surface area (Å²) in [5.41, 5.74) is 0.241. The lowest BCUT2D eigenvalue weighted by Crippen LogP contribution is -2.08. The molecule has 0 bridgehead atoms. The Morgan fingerprint density at radius 2 is 2.06 bits per heavy atom. The third kappa shape index (κ3) is 3.37. The molecule has 88 valence electrons. The fourth-order valence-electron chi connectivity index (χ4n) is 1.18. The number of carbonyl (C=O) groups is 1. The number of methoxy groups -OCH3 is 1.